The van der Waals surface area contributed by atoms with Gasteiger partial charge in [0.1, 0.15) is 5.60 Å². The van der Waals surface area contributed by atoms with E-state index in [1.165, 1.54) is 6.42 Å². The molecule has 21 heavy (non-hydrogen) atoms. The molecule has 1 saturated carbocycles. The highest BCUT2D eigenvalue weighted by atomic mass is 79.9. The quantitative estimate of drug-likeness (QED) is 0.820. The Hall–Kier alpha value is -0.350. The minimum atomic E-state index is -0.736. The van der Waals surface area contributed by atoms with Crippen molar-refractivity contribution in [3.8, 4) is 0 Å². The monoisotopic (exact) mass is 356 g/mol. The molecule has 1 aliphatic carbocycles. The van der Waals surface area contributed by atoms with Gasteiger partial charge in [-0.15, -0.1) is 0 Å². The summed E-state index contributed by atoms with van der Waals surface area (Å²) in [6, 6.07) is 0.264. The molecule has 4 heteroatoms. The largest absolute Gasteiger partial charge is 0.384 e. The highest BCUT2D eigenvalue weighted by Gasteiger charge is 2.42. The van der Waals surface area contributed by atoms with E-state index in [-0.39, 0.29) is 6.04 Å². The number of hydrogen-bond acceptors (Lipinski definition) is 2. The Labute approximate surface area is 137 Å². The summed E-state index contributed by atoms with van der Waals surface area (Å²) in [5, 5.41) is 15.6. The molecule has 0 spiro atoms. The van der Waals surface area contributed by atoms with Gasteiger partial charge in [0.05, 0.1) is 16.4 Å². The van der Waals surface area contributed by atoms with E-state index in [1.54, 1.807) is 0 Å². The zero-order valence-corrected chi connectivity index (χ0v) is 15.6. The first-order valence-electron chi connectivity index (χ1n) is 8.17. The molecule has 0 bridgehead atoms. The molecule has 0 unspecified atom stereocenters. The van der Waals surface area contributed by atoms with Crippen molar-refractivity contribution < 1.29 is 5.11 Å². The van der Waals surface area contributed by atoms with Crippen molar-refractivity contribution in [2.24, 2.45) is 11.3 Å². The van der Waals surface area contributed by atoms with E-state index >= 15 is 0 Å². The van der Waals surface area contributed by atoms with E-state index in [0.717, 1.165) is 35.8 Å². The Morgan fingerprint density at radius 1 is 1.43 bits per heavy atom. The van der Waals surface area contributed by atoms with Crippen molar-refractivity contribution in [2.75, 3.05) is 0 Å². The van der Waals surface area contributed by atoms with E-state index in [2.05, 4.69) is 55.6 Å². The molecule has 1 N–H and O–H groups in total. The van der Waals surface area contributed by atoms with Crippen LogP contribution in [0.2, 0.25) is 0 Å². The van der Waals surface area contributed by atoms with Gasteiger partial charge in [0, 0.05) is 6.04 Å². The van der Waals surface area contributed by atoms with Crippen LogP contribution in [0, 0.1) is 11.3 Å². The smallest absolute Gasteiger partial charge is 0.107 e. The van der Waals surface area contributed by atoms with Crippen LogP contribution in [0.25, 0.3) is 0 Å². The zero-order valence-electron chi connectivity index (χ0n) is 14.0. The number of hydrogen-bond donors (Lipinski definition) is 1. The summed E-state index contributed by atoms with van der Waals surface area (Å²) in [6.45, 7) is 11.2. The minimum Gasteiger partial charge on any atom is -0.384 e. The molecule has 0 aromatic carbocycles. The molecular formula is C17H29BrN2O. The summed E-state index contributed by atoms with van der Waals surface area (Å²) in [7, 11) is 0. The number of rotatable bonds is 4. The maximum absolute atomic E-state index is 11.2. The average molecular weight is 357 g/mol. The van der Waals surface area contributed by atoms with Crippen LogP contribution in [0.5, 0.6) is 0 Å². The fourth-order valence-corrected chi connectivity index (χ4v) is 4.21. The first kappa shape index (κ1) is 17.0. The van der Waals surface area contributed by atoms with Gasteiger partial charge in [0.15, 0.2) is 0 Å². The number of aliphatic hydroxyl groups is 1. The molecule has 0 amide bonds. The van der Waals surface area contributed by atoms with Gasteiger partial charge < -0.3 is 5.11 Å². The third kappa shape index (κ3) is 3.21. The lowest BCUT2D eigenvalue weighted by molar-refractivity contribution is -0.0403. The summed E-state index contributed by atoms with van der Waals surface area (Å²) in [4.78, 5) is 0. The van der Waals surface area contributed by atoms with E-state index in [4.69, 9.17) is 0 Å². The molecule has 1 aromatic rings. The van der Waals surface area contributed by atoms with Crippen LogP contribution >= 0.6 is 15.9 Å². The van der Waals surface area contributed by atoms with E-state index < -0.39 is 5.60 Å². The van der Waals surface area contributed by atoms with Crippen molar-refractivity contribution in [1.29, 1.82) is 0 Å². The van der Waals surface area contributed by atoms with Gasteiger partial charge in [-0.05, 0) is 66.8 Å². The summed E-state index contributed by atoms with van der Waals surface area (Å²) in [6.07, 6.45) is 6.86. The van der Waals surface area contributed by atoms with Gasteiger partial charge in [0.2, 0.25) is 0 Å². The second-order valence-electron chi connectivity index (χ2n) is 7.53. The van der Waals surface area contributed by atoms with Gasteiger partial charge >= 0.3 is 0 Å². The maximum atomic E-state index is 11.2. The van der Waals surface area contributed by atoms with E-state index in [1.807, 2.05) is 10.9 Å². The van der Waals surface area contributed by atoms with Gasteiger partial charge in [-0.3, -0.25) is 4.68 Å². The highest BCUT2D eigenvalue weighted by Crippen LogP contribution is 2.48. The Morgan fingerprint density at radius 2 is 2.00 bits per heavy atom. The van der Waals surface area contributed by atoms with Crippen molar-refractivity contribution >= 4 is 15.9 Å². The topological polar surface area (TPSA) is 38.1 Å². The normalized spacial score (nSPS) is 27.3. The molecule has 2 rings (SSSR count). The molecule has 1 aliphatic rings. The number of nitrogens with zero attached hydrogens (tertiary/aromatic N) is 2. The first-order chi connectivity index (χ1) is 9.71. The Kier molecular flexibility index (Phi) is 4.89. The zero-order chi connectivity index (χ0) is 15.8. The van der Waals surface area contributed by atoms with Crippen molar-refractivity contribution in [1.82, 2.24) is 9.78 Å². The van der Waals surface area contributed by atoms with Crippen LogP contribution in [0.1, 0.15) is 78.5 Å². The minimum absolute atomic E-state index is 0.264. The average Bonchev–Trinajstić information content (AvgIpc) is 2.82. The second kappa shape index (κ2) is 6.04. The summed E-state index contributed by atoms with van der Waals surface area (Å²) in [5.74, 6) is 0.706. The molecule has 0 atom stereocenters. The molecule has 0 saturated heterocycles. The second-order valence-corrected chi connectivity index (χ2v) is 8.38. The van der Waals surface area contributed by atoms with Crippen LogP contribution < -0.4 is 0 Å². The first-order valence-corrected chi connectivity index (χ1v) is 8.96. The molecule has 3 nitrogen and oxygen atoms in total. The van der Waals surface area contributed by atoms with Crippen LogP contribution in [-0.2, 0) is 5.60 Å². The predicted molar refractivity (Wildman–Crippen MR) is 90.2 cm³/mol. The van der Waals surface area contributed by atoms with Gasteiger partial charge in [-0.2, -0.15) is 5.10 Å². The Bertz CT molecular complexity index is 485. The standard InChI is InChI=1S/C17H29BrN2O/c1-6-16(4,5)13-7-9-17(21,10-8-13)15-14(18)11-19-20(15)12(2)3/h11-13,21H,6-10H2,1-5H3. The van der Waals surface area contributed by atoms with Crippen molar-refractivity contribution in [2.45, 2.75) is 78.4 Å². The van der Waals surface area contributed by atoms with Gasteiger partial charge in [-0.1, -0.05) is 27.2 Å². The molecular weight excluding hydrogens is 328 g/mol. The van der Waals surface area contributed by atoms with E-state index in [9.17, 15) is 5.11 Å². The van der Waals surface area contributed by atoms with Gasteiger partial charge in [0.25, 0.3) is 0 Å². The predicted octanol–water partition coefficient (Wildman–Crippen LogP) is 5.04. The van der Waals surface area contributed by atoms with E-state index in [0.29, 0.717) is 11.3 Å². The molecule has 0 aliphatic heterocycles. The highest BCUT2D eigenvalue weighted by molar-refractivity contribution is 9.10. The summed E-state index contributed by atoms with van der Waals surface area (Å²) < 4.78 is 2.90. The van der Waals surface area contributed by atoms with Crippen molar-refractivity contribution in [3.05, 3.63) is 16.4 Å². The fraction of sp³-hybridized carbons (Fsp3) is 0.824. The van der Waals surface area contributed by atoms with Crippen LogP contribution in [-0.4, -0.2) is 14.9 Å². The van der Waals surface area contributed by atoms with Crippen LogP contribution in [0.3, 0.4) is 0 Å². The van der Waals surface area contributed by atoms with Crippen LogP contribution in [0.15, 0.2) is 10.7 Å². The number of halogens is 1. The molecule has 1 heterocycles. The third-order valence-corrected chi connectivity index (χ3v) is 6.09. The van der Waals surface area contributed by atoms with Gasteiger partial charge in [-0.25, -0.2) is 0 Å². The molecule has 0 radical (unpaired) electrons. The summed E-state index contributed by atoms with van der Waals surface area (Å²) in [5.41, 5.74) is 0.599. The Balaban J connectivity index is 2.22. The van der Waals surface area contributed by atoms with Crippen molar-refractivity contribution in [3.63, 3.8) is 0 Å². The SMILES string of the molecule is CCC(C)(C)C1CCC(O)(c2c(Br)cnn2C(C)C)CC1. The Morgan fingerprint density at radius 3 is 2.48 bits per heavy atom. The molecule has 1 fully saturated rings. The molecule has 120 valence electrons. The maximum Gasteiger partial charge on any atom is 0.107 e. The molecule has 1 aromatic heterocycles. The lowest BCUT2D eigenvalue weighted by atomic mass is 9.66. The lowest BCUT2D eigenvalue weighted by Crippen LogP contribution is -2.38. The fourth-order valence-electron chi connectivity index (χ4n) is 3.57. The number of aromatic nitrogens is 2. The van der Waals surface area contributed by atoms with Crippen LogP contribution in [0.4, 0.5) is 0 Å². The summed E-state index contributed by atoms with van der Waals surface area (Å²) >= 11 is 3.58. The third-order valence-electron chi connectivity index (χ3n) is 5.51. The lowest BCUT2D eigenvalue weighted by Gasteiger charge is -2.43.